The second-order valence-corrected chi connectivity index (χ2v) is 4.58. The Balaban J connectivity index is 1.71. The Kier molecular flexibility index (Phi) is 4.95. The summed E-state index contributed by atoms with van der Waals surface area (Å²) < 4.78 is 0. The molecule has 0 saturated heterocycles. The number of aliphatic hydroxyl groups is 1. The van der Waals surface area contributed by atoms with Gasteiger partial charge in [0, 0.05) is 18.7 Å². The van der Waals surface area contributed by atoms with Crippen molar-refractivity contribution in [3.63, 3.8) is 0 Å². The first-order chi connectivity index (χ1) is 9.25. The molecule has 3 nitrogen and oxygen atoms in total. The molecular weight excluding hydrogens is 238 g/mol. The van der Waals surface area contributed by atoms with Gasteiger partial charge in [-0.2, -0.15) is 0 Å². The van der Waals surface area contributed by atoms with E-state index in [4.69, 9.17) is 5.11 Å². The standard InChI is InChI=1S/C16H19NO2/c18-15-8-6-13(7-9-15)10-11-17-12-16(19)14-4-2-1-3-5-14/h1-9,16-19H,10-12H2/p+1/t16-/m0/s1. The number of benzene rings is 2. The summed E-state index contributed by atoms with van der Waals surface area (Å²) in [6.45, 7) is 1.38. The quantitative estimate of drug-likeness (QED) is 0.615. The summed E-state index contributed by atoms with van der Waals surface area (Å²) in [5, 5.41) is 20.6. The molecule has 0 amide bonds. The van der Waals surface area contributed by atoms with Gasteiger partial charge in [0.25, 0.3) is 5.75 Å². The molecule has 100 valence electrons. The topological polar surface area (TPSA) is 55.2 Å². The lowest BCUT2D eigenvalue weighted by Gasteiger charge is -2.12. The molecule has 0 aliphatic rings. The molecule has 1 atom stereocenters. The van der Waals surface area contributed by atoms with Crippen LogP contribution in [0.3, 0.4) is 0 Å². The van der Waals surface area contributed by atoms with E-state index in [9.17, 15) is 5.11 Å². The molecule has 0 aromatic heterocycles. The molecule has 2 aromatic carbocycles. The zero-order valence-corrected chi connectivity index (χ0v) is 10.8. The third-order valence-electron chi connectivity index (χ3n) is 3.07. The van der Waals surface area contributed by atoms with Gasteiger partial charge >= 0.3 is 0 Å². The lowest BCUT2D eigenvalue weighted by molar-refractivity contribution is 0.175. The van der Waals surface area contributed by atoms with Crippen LogP contribution in [0.4, 0.5) is 0 Å². The van der Waals surface area contributed by atoms with E-state index in [2.05, 4.69) is 5.32 Å². The van der Waals surface area contributed by atoms with Crippen LogP contribution in [0.25, 0.3) is 0 Å². The van der Waals surface area contributed by atoms with Crippen molar-refractivity contribution in [1.82, 2.24) is 5.32 Å². The van der Waals surface area contributed by atoms with Crippen molar-refractivity contribution in [1.29, 1.82) is 0 Å². The van der Waals surface area contributed by atoms with Gasteiger partial charge in [-0.05, 0) is 36.2 Å². The summed E-state index contributed by atoms with van der Waals surface area (Å²) >= 11 is 0. The molecule has 19 heavy (non-hydrogen) atoms. The van der Waals surface area contributed by atoms with Crippen molar-refractivity contribution in [2.75, 3.05) is 13.1 Å². The third kappa shape index (κ3) is 4.39. The van der Waals surface area contributed by atoms with E-state index in [0.29, 0.717) is 12.3 Å². The van der Waals surface area contributed by atoms with Crippen molar-refractivity contribution in [3.8, 4) is 5.75 Å². The first-order valence-corrected chi connectivity index (χ1v) is 6.50. The predicted molar refractivity (Wildman–Crippen MR) is 77.5 cm³/mol. The third-order valence-corrected chi connectivity index (χ3v) is 3.07. The fourth-order valence-corrected chi connectivity index (χ4v) is 1.94. The van der Waals surface area contributed by atoms with Crippen LogP contribution < -0.4 is 5.32 Å². The van der Waals surface area contributed by atoms with Crippen molar-refractivity contribution < 1.29 is 10.2 Å². The highest BCUT2D eigenvalue weighted by atomic mass is 16.3. The first kappa shape index (κ1) is 13.6. The highest BCUT2D eigenvalue weighted by Crippen LogP contribution is 2.11. The van der Waals surface area contributed by atoms with Crippen molar-refractivity contribution >= 4 is 0 Å². The van der Waals surface area contributed by atoms with Crippen LogP contribution >= 0.6 is 0 Å². The molecule has 0 spiro atoms. The molecule has 0 saturated carbocycles. The number of aliphatic hydroxyl groups excluding tert-OH is 1. The van der Waals surface area contributed by atoms with E-state index in [-0.39, 0.29) is 0 Å². The maximum atomic E-state index is 9.97. The second kappa shape index (κ2) is 6.92. The van der Waals surface area contributed by atoms with E-state index >= 15 is 0 Å². The summed E-state index contributed by atoms with van der Waals surface area (Å²) in [6.07, 6.45) is 0.443. The molecule has 0 fully saturated rings. The fraction of sp³-hybridized carbons (Fsp3) is 0.250. The summed E-state index contributed by atoms with van der Waals surface area (Å²) in [4.78, 5) is 0. The molecule has 4 N–H and O–H groups in total. The normalized spacial score (nSPS) is 12.3. The van der Waals surface area contributed by atoms with Gasteiger partial charge in [0.1, 0.15) is 0 Å². The highest BCUT2D eigenvalue weighted by Gasteiger charge is 2.05. The molecule has 2 aromatic rings. The smallest absolute Gasteiger partial charge is 0.253 e. The van der Waals surface area contributed by atoms with Crippen LogP contribution in [0, 0.1) is 0 Å². The Labute approximate surface area is 113 Å². The highest BCUT2D eigenvalue weighted by molar-refractivity contribution is 5.26. The van der Waals surface area contributed by atoms with E-state index in [1.807, 2.05) is 42.5 Å². The van der Waals surface area contributed by atoms with Crippen LogP contribution in [0.15, 0.2) is 54.6 Å². The first-order valence-electron chi connectivity index (χ1n) is 6.50. The average Bonchev–Trinajstić information content (AvgIpc) is 2.46. The summed E-state index contributed by atoms with van der Waals surface area (Å²) in [7, 11) is 0. The van der Waals surface area contributed by atoms with Gasteiger partial charge < -0.3 is 15.5 Å². The monoisotopic (exact) mass is 258 g/mol. The summed E-state index contributed by atoms with van der Waals surface area (Å²) in [5.74, 6) is 0.538. The van der Waals surface area contributed by atoms with Crippen LogP contribution in [-0.4, -0.2) is 23.3 Å². The van der Waals surface area contributed by atoms with Gasteiger partial charge in [0.2, 0.25) is 0 Å². The zero-order chi connectivity index (χ0) is 13.5. The Morgan fingerprint density at radius 1 is 1.00 bits per heavy atom. The minimum atomic E-state index is -0.461. The molecule has 0 aliphatic heterocycles. The molecular formula is C16H20NO2+. The molecule has 0 unspecified atom stereocenters. The maximum absolute atomic E-state index is 9.97. The molecule has 0 aliphatic carbocycles. The van der Waals surface area contributed by atoms with Gasteiger partial charge in [-0.25, -0.2) is 0 Å². The summed E-state index contributed by atoms with van der Waals surface area (Å²) in [6, 6.07) is 17.2. The SMILES string of the molecule is O[C@@H](CNCCc1ccc([OH2+])cc1)c1ccccc1. The largest absolute Gasteiger partial charge is 0.593 e. The van der Waals surface area contributed by atoms with Gasteiger partial charge in [0.05, 0.1) is 6.10 Å². The van der Waals surface area contributed by atoms with Crippen LogP contribution in [-0.2, 0) is 6.42 Å². The second-order valence-electron chi connectivity index (χ2n) is 4.58. The van der Waals surface area contributed by atoms with Crippen LogP contribution in [0.1, 0.15) is 17.2 Å². The number of rotatable bonds is 6. The minimum absolute atomic E-state index is 0.461. The van der Waals surface area contributed by atoms with E-state index < -0.39 is 6.10 Å². The Morgan fingerprint density at radius 2 is 1.68 bits per heavy atom. The lowest BCUT2D eigenvalue weighted by atomic mass is 10.1. The number of hydrogen-bond acceptors (Lipinski definition) is 2. The molecule has 3 heteroatoms. The van der Waals surface area contributed by atoms with Crippen molar-refractivity contribution in [2.24, 2.45) is 0 Å². The summed E-state index contributed by atoms with van der Waals surface area (Å²) in [5.41, 5.74) is 2.14. The lowest BCUT2D eigenvalue weighted by Crippen LogP contribution is -2.23. The molecule has 2 rings (SSSR count). The average molecular weight is 258 g/mol. The van der Waals surface area contributed by atoms with Gasteiger partial charge in [0.15, 0.2) is 0 Å². The Bertz CT molecular complexity index is 482. The number of hydrogen-bond donors (Lipinski definition) is 2. The van der Waals surface area contributed by atoms with Crippen molar-refractivity contribution in [2.45, 2.75) is 12.5 Å². The fourth-order valence-electron chi connectivity index (χ4n) is 1.94. The Hall–Kier alpha value is -1.84. The van der Waals surface area contributed by atoms with Gasteiger partial charge in [-0.3, -0.25) is 0 Å². The molecule has 0 bridgehead atoms. The van der Waals surface area contributed by atoms with E-state index in [0.717, 1.165) is 18.5 Å². The van der Waals surface area contributed by atoms with Crippen molar-refractivity contribution in [3.05, 3.63) is 65.7 Å². The Morgan fingerprint density at radius 3 is 2.37 bits per heavy atom. The zero-order valence-electron chi connectivity index (χ0n) is 10.8. The van der Waals surface area contributed by atoms with E-state index in [1.54, 1.807) is 12.1 Å². The van der Waals surface area contributed by atoms with E-state index in [1.165, 1.54) is 5.56 Å². The predicted octanol–water partition coefficient (Wildman–Crippen LogP) is 1.99. The molecule has 0 heterocycles. The molecule has 0 radical (unpaired) electrons. The van der Waals surface area contributed by atoms with Gasteiger partial charge in [-0.1, -0.05) is 30.3 Å². The van der Waals surface area contributed by atoms with Gasteiger partial charge in [-0.15, -0.1) is 0 Å². The van der Waals surface area contributed by atoms with Crippen LogP contribution in [0.5, 0.6) is 5.75 Å². The minimum Gasteiger partial charge on any atom is -0.593 e. The number of nitrogens with one attached hydrogen (secondary N) is 1. The maximum Gasteiger partial charge on any atom is 0.253 e. The van der Waals surface area contributed by atoms with Crippen LogP contribution in [0.2, 0.25) is 0 Å².